The maximum Gasteiger partial charge on any atom is 0.165 e. The average Bonchev–Trinajstić information content (AvgIpc) is 3.02. The van der Waals surface area contributed by atoms with Crippen LogP contribution >= 0.6 is 12.2 Å². The average molecular weight is 314 g/mol. The zero-order valence-electron chi connectivity index (χ0n) is 10.7. The lowest BCUT2D eigenvalue weighted by Crippen LogP contribution is -2.40. The highest BCUT2D eigenvalue weighted by atomic mass is 32.1. The first-order valence-electron chi connectivity index (χ1n) is 6.25. The summed E-state index contributed by atoms with van der Waals surface area (Å²) in [7, 11) is 0. The molecule has 9 nitrogen and oxygen atoms in total. The van der Waals surface area contributed by atoms with Gasteiger partial charge in [0.1, 0.15) is 35.6 Å². The van der Waals surface area contributed by atoms with Gasteiger partial charge in [0.05, 0.1) is 19.3 Å². The van der Waals surface area contributed by atoms with Gasteiger partial charge in [-0.15, -0.1) is 0 Å². The van der Waals surface area contributed by atoms with Gasteiger partial charge in [-0.25, -0.2) is 9.97 Å². The number of aliphatic hydroxyl groups excluding tert-OH is 4. The Hall–Kier alpha value is -1.43. The van der Waals surface area contributed by atoms with Crippen molar-refractivity contribution in [1.82, 2.24) is 19.5 Å². The van der Waals surface area contributed by atoms with Gasteiger partial charge < -0.3 is 30.1 Å². The molecule has 2 aromatic rings. The van der Waals surface area contributed by atoms with E-state index in [1.165, 1.54) is 17.2 Å². The second-order valence-corrected chi connectivity index (χ2v) is 5.17. The molecule has 1 aliphatic rings. The number of aromatic amines is 1. The Balaban J connectivity index is 2.00. The lowest BCUT2D eigenvalue weighted by Gasteiger charge is -2.18. The van der Waals surface area contributed by atoms with Crippen molar-refractivity contribution in [2.45, 2.75) is 30.6 Å². The predicted octanol–water partition coefficient (Wildman–Crippen LogP) is -1.54. The molecule has 3 rings (SSSR count). The number of hydrogen-bond donors (Lipinski definition) is 5. The van der Waals surface area contributed by atoms with Crippen LogP contribution in [0.2, 0.25) is 0 Å². The maximum absolute atomic E-state index is 10.1. The zero-order chi connectivity index (χ0) is 15.1. The molecule has 0 radical (unpaired) electrons. The van der Waals surface area contributed by atoms with Gasteiger partial charge in [0.2, 0.25) is 0 Å². The molecule has 0 amide bonds. The van der Waals surface area contributed by atoms with Crippen molar-refractivity contribution in [3.63, 3.8) is 0 Å². The summed E-state index contributed by atoms with van der Waals surface area (Å²) in [5.41, 5.74) is 0.911. The number of hydrogen-bond acceptors (Lipinski definition) is 8. The van der Waals surface area contributed by atoms with Crippen LogP contribution in [0.5, 0.6) is 0 Å². The topological polar surface area (TPSA) is 137 Å². The molecule has 0 unspecified atom stereocenters. The van der Waals surface area contributed by atoms with Crippen LogP contribution in [0.4, 0.5) is 0 Å². The number of imidazole rings is 1. The van der Waals surface area contributed by atoms with E-state index < -0.39 is 37.3 Å². The molecule has 114 valence electrons. The van der Waals surface area contributed by atoms with Crippen LogP contribution < -0.4 is 0 Å². The smallest absolute Gasteiger partial charge is 0.165 e. The SMILES string of the molecule is OC[C@@H](O)[C@@H]1O[C@H](n2cnc3c(=S)nc[nH]c32)[C@@H](O)[C@@H]1O. The van der Waals surface area contributed by atoms with E-state index in [1.54, 1.807) is 0 Å². The summed E-state index contributed by atoms with van der Waals surface area (Å²) in [5, 5.41) is 38.6. The van der Waals surface area contributed by atoms with E-state index in [9.17, 15) is 15.3 Å². The third-order valence-corrected chi connectivity index (χ3v) is 3.79. The number of H-pyrrole nitrogens is 1. The monoisotopic (exact) mass is 314 g/mol. The molecule has 1 aliphatic heterocycles. The van der Waals surface area contributed by atoms with E-state index in [0.717, 1.165) is 0 Å². The van der Waals surface area contributed by atoms with Crippen LogP contribution in [-0.2, 0) is 4.74 Å². The fourth-order valence-corrected chi connectivity index (χ4v) is 2.61. The van der Waals surface area contributed by atoms with E-state index >= 15 is 0 Å². The molecule has 10 heteroatoms. The van der Waals surface area contributed by atoms with E-state index in [2.05, 4.69) is 15.0 Å². The Bertz CT molecular complexity index is 703. The number of nitrogens with one attached hydrogen (secondary N) is 1. The maximum atomic E-state index is 10.1. The van der Waals surface area contributed by atoms with Crippen molar-refractivity contribution >= 4 is 23.4 Å². The number of rotatable bonds is 3. The third-order valence-electron chi connectivity index (χ3n) is 3.50. The Kier molecular flexibility index (Phi) is 3.73. The second kappa shape index (κ2) is 5.40. The number of ether oxygens (including phenoxy) is 1. The minimum Gasteiger partial charge on any atom is -0.394 e. The molecule has 5 atom stereocenters. The molecule has 21 heavy (non-hydrogen) atoms. The van der Waals surface area contributed by atoms with Crippen LogP contribution in [0.15, 0.2) is 12.7 Å². The highest BCUT2D eigenvalue weighted by Gasteiger charge is 2.47. The molecular formula is C11H14N4O5S. The molecule has 0 bridgehead atoms. The first kappa shape index (κ1) is 14.5. The van der Waals surface area contributed by atoms with Crippen molar-refractivity contribution in [2.75, 3.05) is 6.61 Å². The van der Waals surface area contributed by atoms with Crippen molar-refractivity contribution in [3.8, 4) is 0 Å². The van der Waals surface area contributed by atoms with E-state index in [0.29, 0.717) is 15.8 Å². The van der Waals surface area contributed by atoms with Crippen LogP contribution in [-0.4, -0.2) is 71.0 Å². The standard InChI is InChI=1S/C11H14N4O5S/c16-1-4(17)8-6(18)7(19)11(20-8)15-3-14-5-9(15)12-2-13-10(5)21/h2-4,6-8,11,16-19H,1H2,(H,12,13,21)/t4-,6+,7+,8+,11+/m1/s1. The van der Waals surface area contributed by atoms with Crippen LogP contribution in [0.1, 0.15) is 6.23 Å². The normalized spacial score (nSPS) is 30.9. The fraction of sp³-hybridized carbons (Fsp3) is 0.545. The van der Waals surface area contributed by atoms with Crippen molar-refractivity contribution < 1.29 is 25.2 Å². The summed E-state index contributed by atoms with van der Waals surface area (Å²) < 4.78 is 7.23. The summed E-state index contributed by atoms with van der Waals surface area (Å²) in [6.07, 6.45) is -3.20. The molecular weight excluding hydrogens is 300 g/mol. The minimum atomic E-state index is -1.33. The van der Waals surface area contributed by atoms with Crippen molar-refractivity contribution in [3.05, 3.63) is 17.3 Å². The Labute approximate surface area is 123 Å². The highest BCUT2D eigenvalue weighted by Crippen LogP contribution is 2.32. The molecule has 5 N–H and O–H groups in total. The van der Waals surface area contributed by atoms with Crippen molar-refractivity contribution in [1.29, 1.82) is 0 Å². The molecule has 0 spiro atoms. The predicted molar refractivity (Wildman–Crippen MR) is 71.7 cm³/mol. The van der Waals surface area contributed by atoms with Gasteiger partial charge in [0.25, 0.3) is 0 Å². The lowest BCUT2D eigenvalue weighted by molar-refractivity contribution is -0.0962. The lowest BCUT2D eigenvalue weighted by atomic mass is 10.1. The second-order valence-electron chi connectivity index (χ2n) is 4.78. The van der Waals surface area contributed by atoms with Gasteiger partial charge in [0, 0.05) is 0 Å². The van der Waals surface area contributed by atoms with Gasteiger partial charge in [-0.05, 0) is 0 Å². The first-order chi connectivity index (χ1) is 10.0. The molecule has 0 aromatic carbocycles. The van der Waals surface area contributed by atoms with Gasteiger partial charge >= 0.3 is 0 Å². The summed E-state index contributed by atoms with van der Waals surface area (Å²) in [5.74, 6) is 0. The quantitative estimate of drug-likeness (QED) is 0.430. The fourth-order valence-electron chi connectivity index (χ4n) is 2.40. The van der Waals surface area contributed by atoms with E-state index in [4.69, 9.17) is 22.1 Å². The molecule has 2 aromatic heterocycles. The summed E-state index contributed by atoms with van der Waals surface area (Å²) in [6.45, 7) is -0.585. The molecule has 1 fully saturated rings. The van der Waals surface area contributed by atoms with Gasteiger partial charge in [0.15, 0.2) is 10.9 Å². The van der Waals surface area contributed by atoms with Gasteiger partial charge in [-0.1, -0.05) is 12.2 Å². The number of aliphatic hydroxyl groups is 4. The van der Waals surface area contributed by atoms with Gasteiger partial charge in [-0.3, -0.25) is 4.57 Å². The first-order valence-corrected chi connectivity index (χ1v) is 6.66. The summed E-state index contributed by atoms with van der Waals surface area (Å²) in [4.78, 5) is 10.8. The number of aromatic nitrogens is 4. The highest BCUT2D eigenvalue weighted by molar-refractivity contribution is 7.71. The van der Waals surface area contributed by atoms with Gasteiger partial charge in [-0.2, -0.15) is 0 Å². The third kappa shape index (κ3) is 2.25. The van der Waals surface area contributed by atoms with E-state index in [-0.39, 0.29) is 0 Å². The molecule has 0 aliphatic carbocycles. The van der Waals surface area contributed by atoms with Crippen LogP contribution in [0, 0.1) is 4.64 Å². The van der Waals surface area contributed by atoms with Crippen LogP contribution in [0.3, 0.4) is 0 Å². The van der Waals surface area contributed by atoms with Crippen LogP contribution in [0.25, 0.3) is 11.2 Å². The minimum absolute atomic E-state index is 0.294. The summed E-state index contributed by atoms with van der Waals surface area (Å²) >= 11 is 5.05. The molecule has 3 heterocycles. The zero-order valence-corrected chi connectivity index (χ0v) is 11.5. The number of fused-ring (bicyclic) bond motifs is 1. The Morgan fingerprint density at radius 1 is 1.38 bits per heavy atom. The Morgan fingerprint density at radius 3 is 2.86 bits per heavy atom. The molecule has 0 saturated carbocycles. The van der Waals surface area contributed by atoms with Crippen molar-refractivity contribution in [2.24, 2.45) is 0 Å². The largest absolute Gasteiger partial charge is 0.394 e. The number of nitrogens with zero attached hydrogens (tertiary/aromatic N) is 3. The Morgan fingerprint density at radius 2 is 2.14 bits per heavy atom. The summed E-state index contributed by atoms with van der Waals surface area (Å²) in [6, 6.07) is 0. The van der Waals surface area contributed by atoms with E-state index in [1.807, 2.05) is 0 Å². The molecule has 1 saturated heterocycles.